The molecule has 11 heteroatoms. The molecule has 0 atom stereocenters. The zero-order valence-electron chi connectivity index (χ0n) is 20.7. The number of ether oxygens (including phenoxy) is 4. The van der Waals surface area contributed by atoms with Gasteiger partial charge in [0.15, 0.2) is 17.3 Å². The molecule has 2 aliphatic heterocycles. The summed E-state index contributed by atoms with van der Waals surface area (Å²) < 4.78 is 22.6. The predicted octanol–water partition coefficient (Wildman–Crippen LogP) is 5.62. The fourth-order valence-corrected chi connectivity index (χ4v) is 4.84. The average molecular weight is 543 g/mol. The largest absolute Gasteiger partial charge is 0.497 e. The van der Waals surface area contributed by atoms with Gasteiger partial charge in [0.2, 0.25) is 5.17 Å². The maximum Gasteiger partial charge on any atom is 0.283 e. The van der Waals surface area contributed by atoms with Crippen LogP contribution in [0.25, 0.3) is 6.08 Å². The summed E-state index contributed by atoms with van der Waals surface area (Å²) in [4.78, 5) is 16.8. The number of aliphatic imine (C=N–C) groups is 1. The van der Waals surface area contributed by atoms with Crippen LogP contribution in [0.5, 0.6) is 23.0 Å². The number of halogens is 1. The van der Waals surface area contributed by atoms with Crippen LogP contribution >= 0.6 is 23.4 Å². The Morgan fingerprint density at radius 1 is 1.11 bits per heavy atom. The number of benzene rings is 2. The molecule has 2 heterocycles. The summed E-state index contributed by atoms with van der Waals surface area (Å²) in [5, 5.41) is 15.9. The van der Waals surface area contributed by atoms with Crippen molar-refractivity contribution < 1.29 is 23.7 Å². The first-order valence-corrected chi connectivity index (χ1v) is 13.0. The standard InChI is InChI=1S/C26H27ClN4O5S/c1-4-7-22-30-31-24(28)19(25(32)29-26(31)37-22)12-16-13-20(27)23(21(14-16)34-5-2)36-11-10-35-18-9-6-8-17(15-18)33-3/h6,8-9,12-15,28H,4-5,7,10-11H2,1-3H3/b19-12-,28-24?. The number of hydrogen-bond donors (Lipinski definition) is 1. The first-order valence-electron chi connectivity index (χ1n) is 11.8. The number of amides is 1. The van der Waals surface area contributed by atoms with Crippen molar-refractivity contribution in [2.45, 2.75) is 26.7 Å². The Bertz CT molecular complexity index is 1290. The zero-order chi connectivity index (χ0) is 26.4. The Balaban J connectivity index is 1.49. The van der Waals surface area contributed by atoms with Crippen LogP contribution in [-0.2, 0) is 4.79 Å². The highest BCUT2D eigenvalue weighted by Gasteiger charge is 2.35. The van der Waals surface area contributed by atoms with Crippen molar-refractivity contribution in [2.75, 3.05) is 26.9 Å². The molecule has 0 unspecified atom stereocenters. The maximum atomic E-state index is 12.7. The second-order valence-corrected chi connectivity index (χ2v) is 9.35. The maximum absolute atomic E-state index is 12.7. The molecule has 2 aromatic carbocycles. The van der Waals surface area contributed by atoms with Crippen LogP contribution in [0.1, 0.15) is 32.3 Å². The van der Waals surface area contributed by atoms with Crippen LogP contribution in [0.15, 0.2) is 52.1 Å². The Kier molecular flexibility index (Phi) is 8.73. The molecule has 9 nitrogen and oxygen atoms in total. The molecule has 1 amide bonds. The van der Waals surface area contributed by atoms with Crippen LogP contribution in [-0.4, -0.2) is 53.9 Å². The molecule has 37 heavy (non-hydrogen) atoms. The topological polar surface area (TPSA) is 106 Å². The van der Waals surface area contributed by atoms with E-state index in [-0.39, 0.29) is 24.6 Å². The average Bonchev–Trinajstić information content (AvgIpc) is 3.28. The fourth-order valence-electron chi connectivity index (χ4n) is 3.58. The highest BCUT2D eigenvalue weighted by molar-refractivity contribution is 8.26. The van der Waals surface area contributed by atoms with Crippen LogP contribution in [0.4, 0.5) is 0 Å². The van der Waals surface area contributed by atoms with E-state index in [1.54, 1.807) is 31.4 Å². The number of nitrogens with one attached hydrogen (secondary N) is 1. The Labute approximate surface area is 224 Å². The second-order valence-electron chi connectivity index (χ2n) is 7.90. The van der Waals surface area contributed by atoms with Crippen molar-refractivity contribution in [1.82, 2.24) is 5.01 Å². The fraction of sp³-hybridized carbons (Fsp3) is 0.308. The molecular weight excluding hydrogens is 516 g/mol. The third-order valence-corrected chi connectivity index (χ3v) is 6.49. The molecule has 1 N–H and O–H groups in total. The molecule has 0 saturated carbocycles. The number of rotatable bonds is 11. The quantitative estimate of drug-likeness (QED) is 0.290. The number of methoxy groups -OCH3 is 1. The van der Waals surface area contributed by atoms with Gasteiger partial charge in [-0.3, -0.25) is 10.2 Å². The van der Waals surface area contributed by atoms with E-state index in [1.807, 2.05) is 32.0 Å². The molecule has 194 valence electrons. The molecule has 0 spiro atoms. The Morgan fingerprint density at radius 3 is 2.65 bits per heavy atom. The summed E-state index contributed by atoms with van der Waals surface area (Å²) in [5.74, 6) is 1.62. The Hall–Kier alpha value is -3.50. The number of thioether (sulfide) groups is 1. The minimum Gasteiger partial charge on any atom is -0.497 e. The minimum absolute atomic E-state index is 0.0299. The molecule has 2 aliphatic rings. The van der Waals surface area contributed by atoms with E-state index in [4.69, 9.17) is 36.0 Å². The highest BCUT2D eigenvalue weighted by atomic mass is 35.5. The van der Waals surface area contributed by atoms with Gasteiger partial charge < -0.3 is 18.9 Å². The van der Waals surface area contributed by atoms with Gasteiger partial charge in [-0.25, -0.2) is 0 Å². The zero-order valence-corrected chi connectivity index (χ0v) is 22.3. The van der Waals surface area contributed by atoms with Gasteiger partial charge in [0.05, 0.1) is 24.3 Å². The molecule has 0 fully saturated rings. The Morgan fingerprint density at radius 2 is 1.89 bits per heavy atom. The summed E-state index contributed by atoms with van der Waals surface area (Å²) in [6, 6.07) is 10.7. The lowest BCUT2D eigenvalue weighted by Gasteiger charge is -2.20. The lowest BCUT2D eigenvalue weighted by atomic mass is 10.1. The number of fused-ring (bicyclic) bond motifs is 1. The molecule has 0 radical (unpaired) electrons. The normalized spacial score (nSPS) is 15.9. The summed E-state index contributed by atoms with van der Waals surface area (Å²) >= 11 is 7.87. The van der Waals surface area contributed by atoms with Crippen molar-refractivity contribution in [1.29, 1.82) is 5.41 Å². The van der Waals surface area contributed by atoms with E-state index in [9.17, 15) is 4.79 Å². The van der Waals surface area contributed by atoms with Crippen molar-refractivity contribution in [3.05, 3.63) is 52.6 Å². The summed E-state index contributed by atoms with van der Waals surface area (Å²) in [7, 11) is 1.60. The van der Waals surface area contributed by atoms with Gasteiger partial charge in [0.25, 0.3) is 5.91 Å². The summed E-state index contributed by atoms with van der Waals surface area (Å²) in [6.07, 6.45) is 3.24. The lowest BCUT2D eigenvalue weighted by Crippen LogP contribution is -2.35. The second kappa shape index (κ2) is 12.2. The van der Waals surface area contributed by atoms with Crippen LogP contribution < -0.4 is 18.9 Å². The van der Waals surface area contributed by atoms with E-state index >= 15 is 0 Å². The van der Waals surface area contributed by atoms with Gasteiger partial charge in [0.1, 0.15) is 29.8 Å². The third kappa shape index (κ3) is 6.26. The predicted molar refractivity (Wildman–Crippen MR) is 147 cm³/mol. The van der Waals surface area contributed by atoms with Gasteiger partial charge in [0, 0.05) is 6.07 Å². The monoisotopic (exact) mass is 542 g/mol. The molecule has 0 aliphatic carbocycles. The third-order valence-electron chi connectivity index (χ3n) is 5.24. The molecule has 0 saturated heterocycles. The molecule has 4 rings (SSSR count). The molecular formula is C26H27ClN4O5S. The smallest absolute Gasteiger partial charge is 0.283 e. The van der Waals surface area contributed by atoms with Crippen molar-refractivity contribution >= 4 is 51.4 Å². The van der Waals surface area contributed by atoms with Crippen molar-refractivity contribution in [2.24, 2.45) is 10.1 Å². The van der Waals surface area contributed by atoms with Gasteiger partial charge in [-0.2, -0.15) is 15.1 Å². The van der Waals surface area contributed by atoms with E-state index in [2.05, 4.69) is 10.1 Å². The molecule has 0 aromatic heterocycles. The van der Waals surface area contributed by atoms with Gasteiger partial charge >= 0.3 is 0 Å². The van der Waals surface area contributed by atoms with Crippen LogP contribution in [0.2, 0.25) is 5.02 Å². The SMILES string of the molecule is CCCC1=NN2C(=N)/C(=C/c3cc(Cl)c(OCCOc4cccc(OC)c4)c(OCC)c3)C(=O)N=C2S1. The van der Waals surface area contributed by atoms with Crippen molar-refractivity contribution in [3.8, 4) is 23.0 Å². The summed E-state index contributed by atoms with van der Waals surface area (Å²) in [5.41, 5.74) is 0.689. The highest BCUT2D eigenvalue weighted by Crippen LogP contribution is 2.38. The number of hydrogen-bond acceptors (Lipinski definition) is 8. The number of carbonyl (C=O) groups excluding carboxylic acids is 1. The molecule has 2 aromatic rings. The number of nitrogens with zero attached hydrogens (tertiary/aromatic N) is 3. The minimum atomic E-state index is -0.499. The first kappa shape index (κ1) is 26.6. The summed E-state index contributed by atoms with van der Waals surface area (Å²) in [6.45, 7) is 4.78. The van der Waals surface area contributed by atoms with Crippen LogP contribution in [0.3, 0.4) is 0 Å². The molecule has 0 bridgehead atoms. The van der Waals surface area contributed by atoms with Crippen LogP contribution in [0, 0.1) is 5.41 Å². The van der Waals surface area contributed by atoms with E-state index in [0.717, 1.165) is 17.9 Å². The van der Waals surface area contributed by atoms with E-state index in [1.165, 1.54) is 16.8 Å². The first-order chi connectivity index (χ1) is 17.9. The lowest BCUT2D eigenvalue weighted by molar-refractivity contribution is -0.114. The van der Waals surface area contributed by atoms with E-state index < -0.39 is 5.91 Å². The van der Waals surface area contributed by atoms with Gasteiger partial charge in [-0.05, 0) is 67.4 Å². The number of carbonyl (C=O) groups is 1. The van der Waals surface area contributed by atoms with Gasteiger partial charge in [-0.1, -0.05) is 24.6 Å². The number of hydrazone groups is 1. The van der Waals surface area contributed by atoms with Crippen molar-refractivity contribution in [3.63, 3.8) is 0 Å². The van der Waals surface area contributed by atoms with Gasteiger partial charge in [-0.15, -0.1) is 0 Å². The van der Waals surface area contributed by atoms with E-state index in [0.29, 0.717) is 45.4 Å². The number of amidine groups is 2.